The van der Waals surface area contributed by atoms with Gasteiger partial charge in [0, 0.05) is 25.4 Å². The van der Waals surface area contributed by atoms with Crippen LogP contribution in [0, 0.1) is 0 Å². The summed E-state index contributed by atoms with van der Waals surface area (Å²) in [6, 6.07) is 9.31. The molecule has 0 saturated carbocycles. The second kappa shape index (κ2) is 5.54. The molecule has 0 spiro atoms. The quantitative estimate of drug-likeness (QED) is 0.744. The number of aryl methyl sites for hydroxylation is 1. The fourth-order valence-corrected chi connectivity index (χ4v) is 1.86. The number of para-hydroxylation sites is 2. The van der Waals surface area contributed by atoms with Crippen molar-refractivity contribution in [3.63, 3.8) is 0 Å². The highest BCUT2D eigenvalue weighted by molar-refractivity contribution is 6.01. The van der Waals surface area contributed by atoms with Crippen LogP contribution in [0.25, 0.3) is 17.1 Å². The van der Waals surface area contributed by atoms with Crippen molar-refractivity contribution in [1.82, 2.24) is 19.7 Å². The average Bonchev–Trinajstić information content (AvgIpc) is 2.90. The van der Waals surface area contributed by atoms with Gasteiger partial charge in [-0.3, -0.25) is 14.5 Å². The molecular formula is C15H13N5O. The SMILES string of the molecule is Cn1ccc(NC(=O)C=Cc2cnc3ccccc3n2)n1. The molecule has 1 amide bonds. The minimum absolute atomic E-state index is 0.261. The molecule has 2 heterocycles. The number of carbonyl (C=O) groups is 1. The van der Waals surface area contributed by atoms with E-state index in [1.807, 2.05) is 24.3 Å². The first kappa shape index (κ1) is 13.0. The normalized spacial score (nSPS) is 11.1. The monoisotopic (exact) mass is 279 g/mol. The van der Waals surface area contributed by atoms with Crippen LogP contribution in [-0.4, -0.2) is 25.7 Å². The van der Waals surface area contributed by atoms with Gasteiger partial charge in [-0.15, -0.1) is 0 Å². The lowest BCUT2D eigenvalue weighted by molar-refractivity contribution is -0.111. The van der Waals surface area contributed by atoms with Crippen LogP contribution in [0.1, 0.15) is 5.69 Å². The van der Waals surface area contributed by atoms with Gasteiger partial charge >= 0.3 is 0 Å². The summed E-state index contributed by atoms with van der Waals surface area (Å²) in [6.07, 6.45) is 6.42. The maximum Gasteiger partial charge on any atom is 0.249 e. The smallest absolute Gasteiger partial charge is 0.249 e. The maximum absolute atomic E-state index is 11.8. The fraction of sp³-hybridized carbons (Fsp3) is 0.0667. The molecule has 1 N–H and O–H groups in total. The van der Waals surface area contributed by atoms with Crippen LogP contribution in [0.4, 0.5) is 5.82 Å². The number of amides is 1. The highest BCUT2D eigenvalue weighted by atomic mass is 16.1. The van der Waals surface area contributed by atoms with Gasteiger partial charge in [-0.25, -0.2) is 4.98 Å². The van der Waals surface area contributed by atoms with Gasteiger partial charge in [-0.1, -0.05) is 12.1 Å². The summed E-state index contributed by atoms with van der Waals surface area (Å²) in [5.41, 5.74) is 2.25. The molecule has 0 unspecified atom stereocenters. The van der Waals surface area contributed by atoms with Crippen LogP contribution in [0.15, 0.2) is 48.8 Å². The Morgan fingerprint density at radius 2 is 2.05 bits per heavy atom. The first-order valence-corrected chi connectivity index (χ1v) is 6.41. The Morgan fingerprint density at radius 1 is 1.24 bits per heavy atom. The van der Waals surface area contributed by atoms with Crippen molar-refractivity contribution >= 4 is 28.8 Å². The lowest BCUT2D eigenvalue weighted by atomic mass is 10.3. The van der Waals surface area contributed by atoms with Crippen LogP contribution in [-0.2, 0) is 11.8 Å². The molecule has 3 aromatic rings. The third-order valence-electron chi connectivity index (χ3n) is 2.84. The zero-order chi connectivity index (χ0) is 14.7. The summed E-state index contributed by atoms with van der Waals surface area (Å²) in [7, 11) is 1.79. The van der Waals surface area contributed by atoms with Gasteiger partial charge in [0.1, 0.15) is 0 Å². The molecule has 0 saturated heterocycles. The van der Waals surface area contributed by atoms with Crippen molar-refractivity contribution < 1.29 is 4.79 Å². The summed E-state index contributed by atoms with van der Waals surface area (Å²) in [6.45, 7) is 0. The molecule has 2 aromatic heterocycles. The number of carbonyl (C=O) groups excluding carboxylic acids is 1. The molecular weight excluding hydrogens is 266 g/mol. The lowest BCUT2D eigenvalue weighted by Crippen LogP contribution is -2.08. The molecule has 0 bridgehead atoms. The van der Waals surface area contributed by atoms with Crippen molar-refractivity contribution in [3.8, 4) is 0 Å². The first-order chi connectivity index (χ1) is 10.2. The standard InChI is InChI=1S/C15H13N5O/c1-20-9-8-14(19-20)18-15(21)7-6-11-10-16-12-4-2-3-5-13(12)17-11/h2-10H,1H3,(H,18,19,21). The van der Waals surface area contributed by atoms with Gasteiger partial charge in [-0.2, -0.15) is 5.10 Å². The number of anilines is 1. The zero-order valence-corrected chi connectivity index (χ0v) is 11.4. The summed E-state index contributed by atoms with van der Waals surface area (Å²) in [5.74, 6) is 0.250. The lowest BCUT2D eigenvalue weighted by Gasteiger charge is -1.98. The van der Waals surface area contributed by atoms with E-state index in [4.69, 9.17) is 0 Å². The largest absolute Gasteiger partial charge is 0.306 e. The van der Waals surface area contributed by atoms with Crippen LogP contribution in [0.5, 0.6) is 0 Å². The van der Waals surface area contributed by atoms with Crippen LogP contribution >= 0.6 is 0 Å². The Morgan fingerprint density at radius 3 is 2.81 bits per heavy atom. The molecule has 6 nitrogen and oxygen atoms in total. The molecule has 0 radical (unpaired) electrons. The van der Waals surface area contributed by atoms with Gasteiger partial charge in [0.15, 0.2) is 5.82 Å². The maximum atomic E-state index is 11.8. The van der Waals surface area contributed by atoms with Gasteiger partial charge < -0.3 is 5.32 Å². The van der Waals surface area contributed by atoms with Crippen molar-refractivity contribution in [2.75, 3.05) is 5.32 Å². The van der Waals surface area contributed by atoms with Crippen molar-refractivity contribution in [1.29, 1.82) is 0 Å². The molecule has 0 atom stereocenters. The number of hydrogen-bond acceptors (Lipinski definition) is 4. The van der Waals surface area contributed by atoms with E-state index in [2.05, 4.69) is 20.4 Å². The predicted molar refractivity (Wildman–Crippen MR) is 80.4 cm³/mol. The number of rotatable bonds is 3. The topological polar surface area (TPSA) is 72.7 Å². The Labute approximate surface area is 121 Å². The molecule has 0 fully saturated rings. The predicted octanol–water partition coefficient (Wildman–Crippen LogP) is 2.02. The van der Waals surface area contributed by atoms with E-state index in [-0.39, 0.29) is 5.91 Å². The second-order valence-corrected chi connectivity index (χ2v) is 4.48. The second-order valence-electron chi connectivity index (χ2n) is 4.48. The van der Waals surface area contributed by atoms with Crippen molar-refractivity contribution in [2.24, 2.45) is 7.05 Å². The third kappa shape index (κ3) is 3.11. The van der Waals surface area contributed by atoms with E-state index in [1.165, 1.54) is 6.08 Å². The molecule has 21 heavy (non-hydrogen) atoms. The van der Waals surface area contributed by atoms with Crippen molar-refractivity contribution in [2.45, 2.75) is 0 Å². The van der Waals surface area contributed by atoms with Crippen LogP contribution < -0.4 is 5.32 Å². The van der Waals surface area contributed by atoms with E-state index in [0.29, 0.717) is 11.5 Å². The fourth-order valence-electron chi connectivity index (χ4n) is 1.86. The van der Waals surface area contributed by atoms with E-state index in [1.54, 1.807) is 36.3 Å². The Balaban J connectivity index is 1.73. The van der Waals surface area contributed by atoms with E-state index in [9.17, 15) is 4.79 Å². The van der Waals surface area contributed by atoms with E-state index < -0.39 is 0 Å². The van der Waals surface area contributed by atoms with Gasteiger partial charge in [0.2, 0.25) is 5.91 Å². The van der Waals surface area contributed by atoms with Gasteiger partial charge in [-0.05, 0) is 18.2 Å². The Kier molecular flexibility index (Phi) is 3.42. The molecule has 1 aromatic carbocycles. The molecule has 0 aliphatic heterocycles. The summed E-state index contributed by atoms with van der Waals surface area (Å²) in [4.78, 5) is 20.5. The minimum atomic E-state index is -0.261. The van der Waals surface area contributed by atoms with Gasteiger partial charge in [0.25, 0.3) is 0 Å². The highest BCUT2D eigenvalue weighted by Gasteiger charge is 2.01. The molecule has 104 valence electrons. The van der Waals surface area contributed by atoms with E-state index in [0.717, 1.165) is 11.0 Å². The zero-order valence-electron chi connectivity index (χ0n) is 11.4. The summed E-state index contributed by atoms with van der Waals surface area (Å²) >= 11 is 0. The first-order valence-electron chi connectivity index (χ1n) is 6.41. The average molecular weight is 279 g/mol. The molecule has 0 aliphatic rings. The molecule has 3 rings (SSSR count). The number of fused-ring (bicyclic) bond motifs is 1. The number of hydrogen-bond donors (Lipinski definition) is 1. The third-order valence-corrected chi connectivity index (χ3v) is 2.84. The van der Waals surface area contributed by atoms with Crippen molar-refractivity contribution in [3.05, 3.63) is 54.5 Å². The van der Waals surface area contributed by atoms with Gasteiger partial charge in [0.05, 0.1) is 22.9 Å². The Hall–Kier alpha value is -3.02. The number of nitrogens with one attached hydrogen (secondary N) is 1. The minimum Gasteiger partial charge on any atom is -0.306 e. The molecule has 6 heteroatoms. The summed E-state index contributed by atoms with van der Waals surface area (Å²) in [5, 5.41) is 6.73. The number of aromatic nitrogens is 4. The van der Waals surface area contributed by atoms with Crippen LogP contribution in [0.3, 0.4) is 0 Å². The summed E-state index contributed by atoms with van der Waals surface area (Å²) < 4.78 is 1.62. The highest BCUT2D eigenvalue weighted by Crippen LogP contribution is 2.09. The Bertz CT molecular complexity index is 822. The number of benzene rings is 1. The van der Waals surface area contributed by atoms with E-state index >= 15 is 0 Å². The van der Waals surface area contributed by atoms with Crippen LogP contribution in [0.2, 0.25) is 0 Å². The molecule has 0 aliphatic carbocycles. The number of nitrogens with zero attached hydrogens (tertiary/aromatic N) is 4.